The number of esters is 1. The zero-order valence-electron chi connectivity index (χ0n) is 18.9. The molecule has 0 bridgehead atoms. The predicted molar refractivity (Wildman–Crippen MR) is 123 cm³/mol. The lowest BCUT2D eigenvalue weighted by atomic mass is 9.95. The molecule has 0 N–H and O–H groups in total. The molecule has 34 heavy (non-hydrogen) atoms. The van der Waals surface area contributed by atoms with Gasteiger partial charge in [-0.1, -0.05) is 18.2 Å². The quantitative estimate of drug-likeness (QED) is 0.538. The molecule has 0 radical (unpaired) electrons. The van der Waals surface area contributed by atoms with Gasteiger partial charge in [-0.15, -0.1) is 5.10 Å². The molecule has 1 aliphatic carbocycles. The molecule has 1 aromatic heterocycles. The number of piperazine rings is 1. The minimum absolute atomic E-state index is 0.168. The van der Waals surface area contributed by atoms with Crippen molar-refractivity contribution in [2.75, 3.05) is 32.7 Å². The third kappa shape index (κ3) is 3.86. The molecule has 9 nitrogen and oxygen atoms in total. The number of hydrogen-bond acceptors (Lipinski definition) is 7. The highest BCUT2D eigenvalue weighted by molar-refractivity contribution is 5.94. The van der Waals surface area contributed by atoms with Crippen molar-refractivity contribution in [2.24, 2.45) is 0 Å². The molecule has 3 aliphatic rings. The maximum Gasteiger partial charge on any atom is 0.338 e. The van der Waals surface area contributed by atoms with Gasteiger partial charge in [-0.3, -0.25) is 9.69 Å². The fourth-order valence-corrected chi connectivity index (χ4v) is 5.45. The van der Waals surface area contributed by atoms with Gasteiger partial charge in [0.05, 0.1) is 17.7 Å². The standard InChI is InChI=1S/C25H26N6O3/c32-24(13-17-1-4-19(5-2-17)31-16-26-27-28-31)30-11-9-29(10-12-30)14-18-3-6-21-20(18)7-8-22-23(21)15-34-25(22)33/h1-2,4-5,7-8,16,18H,3,6,9-15H2. The first-order chi connectivity index (χ1) is 16.7. The van der Waals surface area contributed by atoms with E-state index in [-0.39, 0.29) is 11.9 Å². The summed E-state index contributed by atoms with van der Waals surface area (Å²) >= 11 is 0. The third-order valence-corrected chi connectivity index (χ3v) is 7.33. The SMILES string of the molecule is O=C1OCc2c1ccc1c2CCC1CN1CCN(C(=O)Cc2ccc(-n3cnnn3)cc2)CC1. The summed E-state index contributed by atoms with van der Waals surface area (Å²) in [6.07, 6.45) is 4.08. The maximum atomic E-state index is 12.9. The Morgan fingerprint density at radius 1 is 1.03 bits per heavy atom. The van der Waals surface area contributed by atoms with E-state index in [2.05, 4.69) is 26.5 Å². The molecule has 1 fully saturated rings. The molecule has 3 heterocycles. The van der Waals surface area contributed by atoms with Crippen LogP contribution in [-0.4, -0.2) is 74.6 Å². The summed E-state index contributed by atoms with van der Waals surface area (Å²) < 4.78 is 6.83. The number of carbonyl (C=O) groups excluding carboxylic acids is 2. The van der Waals surface area contributed by atoms with E-state index in [1.807, 2.05) is 35.2 Å². The van der Waals surface area contributed by atoms with Crippen molar-refractivity contribution >= 4 is 11.9 Å². The molecule has 6 rings (SSSR count). The second kappa shape index (κ2) is 8.64. The molecule has 0 spiro atoms. The largest absolute Gasteiger partial charge is 0.457 e. The van der Waals surface area contributed by atoms with E-state index in [4.69, 9.17) is 4.74 Å². The average molecular weight is 459 g/mol. The average Bonchev–Trinajstić information content (AvgIpc) is 3.61. The first kappa shape index (κ1) is 21.0. The lowest BCUT2D eigenvalue weighted by Crippen LogP contribution is -2.49. The van der Waals surface area contributed by atoms with E-state index < -0.39 is 0 Å². The van der Waals surface area contributed by atoms with Gasteiger partial charge in [0, 0.05) is 38.3 Å². The summed E-state index contributed by atoms with van der Waals surface area (Å²) in [6, 6.07) is 11.8. The number of cyclic esters (lactones) is 1. The molecule has 2 aliphatic heterocycles. The summed E-state index contributed by atoms with van der Waals surface area (Å²) in [7, 11) is 0. The number of hydrogen-bond donors (Lipinski definition) is 0. The van der Waals surface area contributed by atoms with E-state index in [0.29, 0.717) is 18.9 Å². The third-order valence-electron chi connectivity index (χ3n) is 7.33. The van der Waals surface area contributed by atoms with Crippen molar-refractivity contribution in [1.82, 2.24) is 30.0 Å². The first-order valence-corrected chi connectivity index (χ1v) is 11.8. The van der Waals surface area contributed by atoms with Crippen molar-refractivity contribution in [3.8, 4) is 5.69 Å². The molecule has 1 saturated heterocycles. The second-order valence-electron chi connectivity index (χ2n) is 9.25. The van der Waals surface area contributed by atoms with E-state index in [1.54, 1.807) is 11.0 Å². The molecular formula is C25H26N6O3. The molecule has 1 atom stereocenters. The first-order valence-electron chi connectivity index (χ1n) is 11.8. The fraction of sp³-hybridized carbons (Fsp3) is 0.400. The molecule has 1 unspecified atom stereocenters. The zero-order chi connectivity index (χ0) is 23.1. The number of tetrazole rings is 1. The Balaban J connectivity index is 1.02. The summed E-state index contributed by atoms with van der Waals surface area (Å²) in [5, 5.41) is 11.2. The Bertz CT molecular complexity index is 1220. The number of rotatable bonds is 5. The van der Waals surface area contributed by atoms with Crippen LogP contribution in [0, 0.1) is 0 Å². The van der Waals surface area contributed by atoms with Crippen LogP contribution in [0.3, 0.4) is 0 Å². The van der Waals surface area contributed by atoms with Gasteiger partial charge in [-0.2, -0.15) is 0 Å². The smallest absolute Gasteiger partial charge is 0.338 e. The van der Waals surface area contributed by atoms with Crippen LogP contribution < -0.4 is 0 Å². The zero-order valence-corrected chi connectivity index (χ0v) is 18.9. The van der Waals surface area contributed by atoms with Gasteiger partial charge in [0.25, 0.3) is 0 Å². The van der Waals surface area contributed by atoms with Crippen LogP contribution >= 0.6 is 0 Å². The number of ether oxygens (including phenoxy) is 1. The predicted octanol–water partition coefficient (Wildman–Crippen LogP) is 1.75. The van der Waals surface area contributed by atoms with Crippen molar-refractivity contribution in [2.45, 2.75) is 31.8 Å². The molecule has 3 aromatic rings. The molecule has 1 amide bonds. The highest BCUT2D eigenvalue weighted by Gasteiger charge is 2.33. The van der Waals surface area contributed by atoms with Crippen molar-refractivity contribution in [1.29, 1.82) is 0 Å². The normalized spacial score (nSPS) is 19.7. The maximum absolute atomic E-state index is 12.9. The highest BCUT2D eigenvalue weighted by atomic mass is 16.5. The van der Waals surface area contributed by atoms with Crippen LogP contribution in [0.25, 0.3) is 5.69 Å². The minimum atomic E-state index is -0.189. The van der Waals surface area contributed by atoms with E-state index in [0.717, 1.165) is 67.9 Å². The Morgan fingerprint density at radius 2 is 1.85 bits per heavy atom. The molecule has 9 heteroatoms. The van der Waals surface area contributed by atoms with Gasteiger partial charge in [-0.25, -0.2) is 9.48 Å². The Labute approximate surface area is 197 Å². The van der Waals surface area contributed by atoms with E-state index >= 15 is 0 Å². The minimum Gasteiger partial charge on any atom is -0.457 e. The molecule has 2 aromatic carbocycles. The van der Waals surface area contributed by atoms with Crippen molar-refractivity contribution < 1.29 is 14.3 Å². The highest BCUT2D eigenvalue weighted by Crippen LogP contribution is 2.39. The summed E-state index contributed by atoms with van der Waals surface area (Å²) in [5.41, 5.74) is 6.41. The summed E-state index contributed by atoms with van der Waals surface area (Å²) in [6.45, 7) is 4.72. The van der Waals surface area contributed by atoms with Crippen LogP contribution in [0.2, 0.25) is 0 Å². The van der Waals surface area contributed by atoms with Gasteiger partial charge in [0.1, 0.15) is 12.9 Å². The van der Waals surface area contributed by atoms with Crippen molar-refractivity contribution in [3.05, 3.63) is 70.5 Å². The van der Waals surface area contributed by atoms with Crippen LogP contribution in [0.1, 0.15) is 45.0 Å². The molecule has 174 valence electrons. The second-order valence-corrected chi connectivity index (χ2v) is 9.25. The van der Waals surface area contributed by atoms with Crippen LogP contribution in [-0.2, 0) is 29.0 Å². The van der Waals surface area contributed by atoms with Crippen LogP contribution in [0.5, 0.6) is 0 Å². The summed E-state index contributed by atoms with van der Waals surface area (Å²) in [4.78, 5) is 29.2. The Morgan fingerprint density at radius 3 is 2.62 bits per heavy atom. The lowest BCUT2D eigenvalue weighted by Gasteiger charge is -2.36. The monoisotopic (exact) mass is 458 g/mol. The number of amides is 1. The number of fused-ring (bicyclic) bond motifs is 3. The number of aromatic nitrogens is 4. The Hall–Kier alpha value is -3.59. The number of benzene rings is 2. The molecular weight excluding hydrogens is 432 g/mol. The van der Waals surface area contributed by atoms with E-state index in [1.165, 1.54) is 11.1 Å². The van der Waals surface area contributed by atoms with E-state index in [9.17, 15) is 9.59 Å². The number of carbonyl (C=O) groups is 2. The van der Waals surface area contributed by atoms with Crippen LogP contribution in [0.4, 0.5) is 0 Å². The lowest BCUT2D eigenvalue weighted by molar-refractivity contribution is -0.132. The van der Waals surface area contributed by atoms with Gasteiger partial charge in [-0.05, 0) is 64.1 Å². The summed E-state index contributed by atoms with van der Waals surface area (Å²) in [5.74, 6) is 0.462. The van der Waals surface area contributed by atoms with Gasteiger partial charge in [0.15, 0.2) is 0 Å². The van der Waals surface area contributed by atoms with Gasteiger partial charge < -0.3 is 9.64 Å². The van der Waals surface area contributed by atoms with Crippen molar-refractivity contribution in [3.63, 3.8) is 0 Å². The van der Waals surface area contributed by atoms with Gasteiger partial charge >= 0.3 is 5.97 Å². The molecule has 0 saturated carbocycles. The van der Waals surface area contributed by atoms with Crippen LogP contribution in [0.15, 0.2) is 42.7 Å². The Kier molecular flexibility index (Phi) is 5.33. The fourth-order valence-electron chi connectivity index (χ4n) is 5.45. The topological polar surface area (TPSA) is 93.5 Å². The van der Waals surface area contributed by atoms with Gasteiger partial charge in [0.2, 0.25) is 5.91 Å². The number of nitrogens with zero attached hydrogens (tertiary/aromatic N) is 6.